The van der Waals surface area contributed by atoms with Crippen LogP contribution in [0.25, 0.3) is 22.1 Å². The number of fused-ring (bicyclic) bond motifs is 1. The highest BCUT2D eigenvalue weighted by Crippen LogP contribution is 2.34. The van der Waals surface area contributed by atoms with Crippen molar-refractivity contribution in [1.29, 1.82) is 0 Å². The summed E-state index contributed by atoms with van der Waals surface area (Å²) in [4.78, 5) is 0. The molecule has 0 unspecified atom stereocenters. The first-order chi connectivity index (χ1) is 15.6. The lowest BCUT2D eigenvalue weighted by Gasteiger charge is -2.13. The van der Waals surface area contributed by atoms with E-state index in [1.54, 1.807) is 0 Å². The average Bonchev–Trinajstić information content (AvgIpc) is 3.20. The van der Waals surface area contributed by atoms with Crippen LogP contribution in [0.1, 0.15) is 22.5 Å². The van der Waals surface area contributed by atoms with Gasteiger partial charge in [0.2, 0.25) is 0 Å². The van der Waals surface area contributed by atoms with Gasteiger partial charge in [-0.15, -0.1) is 0 Å². The summed E-state index contributed by atoms with van der Waals surface area (Å²) in [7, 11) is 1.89. The number of nitrogens with two attached hydrogens (primary N) is 1. The van der Waals surface area contributed by atoms with Gasteiger partial charge < -0.3 is 30.4 Å². The molecule has 0 fully saturated rings. The molecule has 0 saturated carbocycles. The number of furan rings is 1. The van der Waals surface area contributed by atoms with E-state index >= 15 is 0 Å². The van der Waals surface area contributed by atoms with E-state index in [9.17, 15) is 10.2 Å². The lowest BCUT2D eigenvalue weighted by atomic mass is 9.99. The lowest BCUT2D eigenvalue weighted by Crippen LogP contribution is -2.09. The Balaban J connectivity index is 1.71. The van der Waals surface area contributed by atoms with Gasteiger partial charge in [0.15, 0.2) is 6.29 Å². The largest absolute Gasteiger partial charge is 0.489 e. The third-order valence-electron chi connectivity index (χ3n) is 5.32. The van der Waals surface area contributed by atoms with Crippen molar-refractivity contribution in [3.05, 3.63) is 89.2 Å². The Bertz CT molecular complexity index is 1200. The normalized spacial score (nSPS) is 11.4. The van der Waals surface area contributed by atoms with Gasteiger partial charge >= 0.3 is 0 Å². The highest BCUT2D eigenvalue weighted by atomic mass is 16.5. The molecule has 0 aliphatic carbocycles. The number of aliphatic hydroxyl groups is 2. The Morgan fingerprint density at radius 1 is 1.00 bits per heavy atom. The maximum Gasteiger partial charge on any atom is 0.155 e. The molecule has 0 amide bonds. The molecule has 4 aromatic rings. The molecule has 0 saturated heterocycles. The molecule has 6 nitrogen and oxygen atoms in total. The Morgan fingerprint density at radius 3 is 2.62 bits per heavy atom. The molecule has 32 heavy (non-hydrogen) atoms. The van der Waals surface area contributed by atoms with Crippen molar-refractivity contribution in [3.63, 3.8) is 0 Å². The quantitative estimate of drug-likeness (QED) is 0.301. The van der Waals surface area contributed by atoms with Gasteiger partial charge in [0, 0.05) is 23.9 Å². The maximum absolute atomic E-state index is 9.36. The fourth-order valence-corrected chi connectivity index (χ4v) is 3.86. The number of hydrogen-bond donors (Lipinski definition) is 4. The van der Waals surface area contributed by atoms with E-state index in [1.165, 1.54) is 0 Å². The van der Waals surface area contributed by atoms with E-state index in [0.717, 1.165) is 44.5 Å². The van der Waals surface area contributed by atoms with Crippen molar-refractivity contribution < 1.29 is 19.4 Å². The van der Waals surface area contributed by atoms with Crippen molar-refractivity contribution in [2.45, 2.75) is 32.4 Å². The molecule has 0 spiro atoms. The second kappa shape index (κ2) is 9.97. The summed E-state index contributed by atoms with van der Waals surface area (Å²) in [5.74, 6) is 1.49. The van der Waals surface area contributed by atoms with Crippen LogP contribution in [-0.2, 0) is 26.1 Å². The van der Waals surface area contributed by atoms with Gasteiger partial charge in [0.1, 0.15) is 23.7 Å². The van der Waals surface area contributed by atoms with Crippen molar-refractivity contribution in [1.82, 2.24) is 5.32 Å². The van der Waals surface area contributed by atoms with E-state index in [1.807, 2.05) is 49.5 Å². The first-order valence-electron chi connectivity index (χ1n) is 10.6. The summed E-state index contributed by atoms with van der Waals surface area (Å²) in [6.07, 6.45) is -1.31. The minimum Gasteiger partial charge on any atom is -0.489 e. The van der Waals surface area contributed by atoms with Crippen molar-refractivity contribution >= 4 is 11.0 Å². The van der Waals surface area contributed by atoms with Crippen LogP contribution < -0.4 is 15.8 Å². The van der Waals surface area contributed by atoms with Crippen LogP contribution in [0.2, 0.25) is 0 Å². The fourth-order valence-electron chi connectivity index (χ4n) is 3.86. The van der Waals surface area contributed by atoms with E-state index in [2.05, 4.69) is 29.6 Å². The molecule has 1 aromatic heterocycles. The molecule has 0 atom stereocenters. The van der Waals surface area contributed by atoms with E-state index in [-0.39, 0.29) is 6.42 Å². The molecule has 166 valence electrons. The zero-order valence-electron chi connectivity index (χ0n) is 18.0. The molecule has 4 rings (SSSR count). The number of rotatable bonds is 9. The van der Waals surface area contributed by atoms with Gasteiger partial charge in [-0.2, -0.15) is 0 Å². The average molecular weight is 433 g/mol. The zero-order valence-corrected chi connectivity index (χ0v) is 18.0. The zero-order chi connectivity index (χ0) is 22.5. The summed E-state index contributed by atoms with van der Waals surface area (Å²) in [5.41, 5.74) is 11.5. The smallest absolute Gasteiger partial charge is 0.155 e. The standard InChI is InChI=1S/C26H28N2O4/c1-28-15-22-12-21-10-18(16-31-24-8-3-2-6-20(24)13-25(29)30)11-23(26(21)32-22)19-7-4-5-17(9-19)14-27/h2-12,25,28-30H,13-16,27H2,1H3. The molecule has 0 bridgehead atoms. The van der Waals surface area contributed by atoms with Crippen LogP contribution in [0, 0.1) is 0 Å². The highest BCUT2D eigenvalue weighted by Gasteiger charge is 2.14. The Kier molecular flexibility index (Phi) is 6.87. The van der Waals surface area contributed by atoms with Gasteiger partial charge in [0.05, 0.1) is 6.54 Å². The molecule has 5 N–H and O–H groups in total. The fraction of sp³-hybridized carbons (Fsp3) is 0.231. The van der Waals surface area contributed by atoms with Crippen LogP contribution in [0.4, 0.5) is 0 Å². The number of nitrogens with one attached hydrogen (secondary N) is 1. The number of aliphatic hydroxyl groups excluding tert-OH is 1. The Labute approximate surface area is 187 Å². The lowest BCUT2D eigenvalue weighted by molar-refractivity contribution is -0.0385. The first-order valence-corrected chi connectivity index (χ1v) is 10.6. The maximum atomic E-state index is 9.36. The van der Waals surface area contributed by atoms with Crippen molar-refractivity contribution in [2.24, 2.45) is 5.73 Å². The molecule has 0 aliphatic rings. The van der Waals surface area contributed by atoms with Gasteiger partial charge in [-0.3, -0.25) is 0 Å². The van der Waals surface area contributed by atoms with Crippen LogP contribution in [0.5, 0.6) is 5.75 Å². The summed E-state index contributed by atoms with van der Waals surface area (Å²) >= 11 is 0. The van der Waals surface area contributed by atoms with E-state index < -0.39 is 6.29 Å². The molecule has 0 aliphatic heterocycles. The second-order valence-electron chi connectivity index (χ2n) is 7.79. The number of para-hydroxylation sites is 1. The number of hydrogen-bond acceptors (Lipinski definition) is 6. The summed E-state index contributed by atoms with van der Waals surface area (Å²) in [6, 6.07) is 21.7. The van der Waals surface area contributed by atoms with Crippen molar-refractivity contribution in [3.8, 4) is 16.9 Å². The SMILES string of the molecule is CNCc1cc2cc(COc3ccccc3CC(O)O)cc(-c3cccc(CN)c3)c2o1. The number of benzene rings is 3. The molecule has 1 heterocycles. The van der Waals surface area contributed by atoms with E-state index in [4.69, 9.17) is 14.9 Å². The molecule has 6 heteroatoms. The molecule has 3 aromatic carbocycles. The van der Waals surface area contributed by atoms with Crippen LogP contribution in [-0.4, -0.2) is 23.6 Å². The predicted molar refractivity (Wildman–Crippen MR) is 125 cm³/mol. The van der Waals surface area contributed by atoms with Crippen molar-refractivity contribution in [2.75, 3.05) is 7.05 Å². The van der Waals surface area contributed by atoms with Gasteiger partial charge in [0.25, 0.3) is 0 Å². The summed E-state index contributed by atoms with van der Waals surface area (Å²) < 4.78 is 12.2. The number of ether oxygens (including phenoxy) is 1. The summed E-state index contributed by atoms with van der Waals surface area (Å²) in [5, 5.41) is 22.9. The van der Waals surface area contributed by atoms with Gasteiger partial charge in [-0.25, -0.2) is 0 Å². The predicted octanol–water partition coefficient (Wildman–Crippen LogP) is 3.71. The Morgan fingerprint density at radius 2 is 1.84 bits per heavy atom. The monoisotopic (exact) mass is 432 g/mol. The first kappa shape index (κ1) is 22.0. The third kappa shape index (κ3) is 5.00. The molecule has 0 radical (unpaired) electrons. The summed E-state index contributed by atoms with van der Waals surface area (Å²) in [6.45, 7) is 1.45. The minimum atomic E-state index is -1.42. The van der Waals surface area contributed by atoms with Gasteiger partial charge in [-0.1, -0.05) is 36.4 Å². The van der Waals surface area contributed by atoms with Crippen LogP contribution in [0.15, 0.2) is 71.1 Å². The van der Waals surface area contributed by atoms with E-state index in [0.29, 0.717) is 25.4 Å². The topological polar surface area (TPSA) is 101 Å². The minimum absolute atomic E-state index is 0.113. The third-order valence-corrected chi connectivity index (χ3v) is 5.32. The van der Waals surface area contributed by atoms with Crippen LogP contribution >= 0.6 is 0 Å². The van der Waals surface area contributed by atoms with Crippen LogP contribution in [0.3, 0.4) is 0 Å². The Hall–Kier alpha value is -3.16. The molecular formula is C26H28N2O4. The molecular weight excluding hydrogens is 404 g/mol. The highest BCUT2D eigenvalue weighted by molar-refractivity contribution is 5.93. The van der Waals surface area contributed by atoms with Gasteiger partial charge in [-0.05, 0) is 59.6 Å². The second-order valence-corrected chi connectivity index (χ2v) is 7.79.